The highest BCUT2D eigenvalue weighted by atomic mass is 16.5. The summed E-state index contributed by atoms with van der Waals surface area (Å²) in [4.78, 5) is 11.5. The molecule has 3 nitrogen and oxygen atoms in total. The molecule has 0 aliphatic heterocycles. The molecule has 1 aliphatic rings. The van der Waals surface area contributed by atoms with E-state index in [1.807, 2.05) is 6.07 Å². The number of benzene rings is 1. The van der Waals surface area contributed by atoms with Gasteiger partial charge >= 0.3 is 0 Å². The van der Waals surface area contributed by atoms with Crippen molar-refractivity contribution < 1.29 is 14.6 Å². The van der Waals surface area contributed by atoms with Crippen molar-refractivity contribution >= 4 is 5.78 Å². The fourth-order valence-electron chi connectivity index (χ4n) is 1.34. The second-order valence-corrected chi connectivity index (χ2v) is 3.89. The molecule has 0 spiro atoms. The molecule has 1 aromatic rings. The first-order chi connectivity index (χ1) is 7.16. The molecule has 2 rings (SSSR count). The van der Waals surface area contributed by atoms with Gasteiger partial charge < -0.3 is 9.84 Å². The molecule has 0 saturated heterocycles. The monoisotopic (exact) mass is 206 g/mol. The van der Waals surface area contributed by atoms with E-state index in [-0.39, 0.29) is 5.78 Å². The Kier molecular flexibility index (Phi) is 2.73. The fraction of sp³-hybridized carbons (Fsp3) is 0.417. The van der Waals surface area contributed by atoms with Gasteiger partial charge in [-0.2, -0.15) is 0 Å². The summed E-state index contributed by atoms with van der Waals surface area (Å²) in [6.45, 7) is 1.47. The molecular weight excluding hydrogens is 192 g/mol. The third kappa shape index (κ3) is 2.57. The molecule has 1 atom stereocenters. The molecule has 0 amide bonds. The van der Waals surface area contributed by atoms with E-state index in [9.17, 15) is 4.79 Å². The molecular formula is C12H14O3. The van der Waals surface area contributed by atoms with Crippen molar-refractivity contribution in [1.29, 1.82) is 0 Å². The average molecular weight is 206 g/mol. The number of carbonyl (C=O) groups excluding carboxylic acids is 1. The van der Waals surface area contributed by atoms with Crippen LogP contribution in [0.1, 0.15) is 30.1 Å². The van der Waals surface area contributed by atoms with Crippen molar-refractivity contribution in [2.75, 3.05) is 0 Å². The van der Waals surface area contributed by atoms with E-state index in [0.717, 1.165) is 12.8 Å². The maximum Gasteiger partial charge on any atom is 0.191 e. The minimum Gasteiger partial charge on any atom is -0.490 e. The molecule has 0 radical (unpaired) electrons. The van der Waals surface area contributed by atoms with Crippen LogP contribution in [-0.2, 0) is 0 Å². The van der Waals surface area contributed by atoms with Crippen molar-refractivity contribution in [3.8, 4) is 5.75 Å². The summed E-state index contributed by atoms with van der Waals surface area (Å²) >= 11 is 0. The molecule has 0 bridgehead atoms. The van der Waals surface area contributed by atoms with E-state index in [1.165, 1.54) is 6.92 Å². The highest BCUT2D eigenvalue weighted by Gasteiger charge is 2.23. The van der Waals surface area contributed by atoms with Crippen LogP contribution in [0.5, 0.6) is 5.75 Å². The van der Waals surface area contributed by atoms with Gasteiger partial charge in [0.2, 0.25) is 0 Å². The molecule has 15 heavy (non-hydrogen) atoms. The zero-order chi connectivity index (χ0) is 10.8. The Labute approximate surface area is 88.7 Å². The predicted molar refractivity (Wildman–Crippen MR) is 56.1 cm³/mol. The zero-order valence-corrected chi connectivity index (χ0v) is 8.64. The predicted octanol–water partition coefficient (Wildman–Crippen LogP) is 1.79. The molecule has 1 aromatic carbocycles. The van der Waals surface area contributed by atoms with E-state index in [1.54, 1.807) is 18.2 Å². The van der Waals surface area contributed by atoms with Gasteiger partial charge in [0, 0.05) is 5.56 Å². The SMILES string of the molecule is CC(O)C(=O)c1cccc(OC2CC2)c1. The Hall–Kier alpha value is -1.35. The van der Waals surface area contributed by atoms with Crippen LogP contribution in [0.15, 0.2) is 24.3 Å². The van der Waals surface area contributed by atoms with Gasteiger partial charge in [0.25, 0.3) is 0 Å². The van der Waals surface area contributed by atoms with E-state index in [4.69, 9.17) is 9.84 Å². The lowest BCUT2D eigenvalue weighted by Crippen LogP contribution is -2.16. The fourth-order valence-corrected chi connectivity index (χ4v) is 1.34. The summed E-state index contributed by atoms with van der Waals surface area (Å²) in [5.41, 5.74) is 0.503. The van der Waals surface area contributed by atoms with E-state index in [0.29, 0.717) is 17.4 Å². The standard InChI is InChI=1S/C12H14O3/c1-8(13)12(14)9-3-2-4-11(7-9)15-10-5-6-10/h2-4,7-8,10,13H,5-6H2,1H3. The topological polar surface area (TPSA) is 46.5 Å². The molecule has 0 aromatic heterocycles. The van der Waals surface area contributed by atoms with Crippen molar-refractivity contribution in [2.45, 2.75) is 32.0 Å². The van der Waals surface area contributed by atoms with E-state index in [2.05, 4.69) is 0 Å². The quantitative estimate of drug-likeness (QED) is 0.764. The van der Waals surface area contributed by atoms with Crippen molar-refractivity contribution in [3.63, 3.8) is 0 Å². The van der Waals surface area contributed by atoms with Gasteiger partial charge in [0.1, 0.15) is 11.9 Å². The van der Waals surface area contributed by atoms with Crippen LogP contribution in [0, 0.1) is 0 Å². The number of aliphatic hydroxyl groups excluding tert-OH is 1. The first-order valence-electron chi connectivity index (χ1n) is 5.16. The van der Waals surface area contributed by atoms with Crippen molar-refractivity contribution in [3.05, 3.63) is 29.8 Å². The maximum absolute atomic E-state index is 11.5. The number of Topliss-reactive ketones (excluding diaryl/α,β-unsaturated/α-hetero) is 1. The zero-order valence-electron chi connectivity index (χ0n) is 8.64. The van der Waals surface area contributed by atoms with Crippen molar-refractivity contribution in [2.24, 2.45) is 0 Å². The van der Waals surface area contributed by atoms with Crippen LogP contribution < -0.4 is 4.74 Å². The van der Waals surface area contributed by atoms with E-state index < -0.39 is 6.10 Å². The summed E-state index contributed by atoms with van der Waals surface area (Å²) in [6.07, 6.45) is 1.55. The summed E-state index contributed by atoms with van der Waals surface area (Å²) in [5, 5.41) is 9.17. The second-order valence-electron chi connectivity index (χ2n) is 3.89. The largest absolute Gasteiger partial charge is 0.490 e. The molecule has 1 N–H and O–H groups in total. The van der Waals surface area contributed by atoms with Crippen molar-refractivity contribution in [1.82, 2.24) is 0 Å². The molecule has 1 saturated carbocycles. The number of hydrogen-bond acceptors (Lipinski definition) is 3. The van der Waals surface area contributed by atoms with Crippen LogP contribution in [0.2, 0.25) is 0 Å². The molecule has 0 heterocycles. The Balaban J connectivity index is 2.13. The Morgan fingerprint density at radius 3 is 2.87 bits per heavy atom. The lowest BCUT2D eigenvalue weighted by Gasteiger charge is -2.07. The number of aliphatic hydroxyl groups is 1. The smallest absolute Gasteiger partial charge is 0.191 e. The Bertz CT molecular complexity index is 367. The number of ketones is 1. The average Bonchev–Trinajstić information content (AvgIpc) is 3.01. The normalized spacial score (nSPS) is 17.2. The summed E-state index contributed by atoms with van der Waals surface area (Å²) in [7, 11) is 0. The first-order valence-corrected chi connectivity index (χ1v) is 5.16. The van der Waals surface area contributed by atoms with Gasteiger partial charge in [0.15, 0.2) is 5.78 Å². The number of rotatable bonds is 4. The lowest BCUT2D eigenvalue weighted by molar-refractivity contribution is 0.0779. The van der Waals surface area contributed by atoms with Gasteiger partial charge in [0.05, 0.1) is 6.10 Å². The number of carbonyl (C=O) groups is 1. The van der Waals surface area contributed by atoms with Crippen LogP contribution >= 0.6 is 0 Å². The lowest BCUT2D eigenvalue weighted by atomic mass is 10.1. The molecule has 80 valence electrons. The number of ether oxygens (including phenoxy) is 1. The summed E-state index contributed by atoms with van der Waals surface area (Å²) < 4.78 is 5.56. The molecule has 1 unspecified atom stereocenters. The maximum atomic E-state index is 11.5. The second kappa shape index (κ2) is 4.03. The van der Waals surface area contributed by atoms with Crippen LogP contribution in [0.25, 0.3) is 0 Å². The third-order valence-corrected chi connectivity index (χ3v) is 2.33. The minimum atomic E-state index is -0.957. The Morgan fingerprint density at radius 1 is 1.53 bits per heavy atom. The highest BCUT2D eigenvalue weighted by molar-refractivity contribution is 5.99. The first kappa shape index (κ1) is 10.2. The van der Waals surface area contributed by atoms with Crippen LogP contribution in [-0.4, -0.2) is 23.1 Å². The molecule has 1 fully saturated rings. The van der Waals surface area contributed by atoms with Gasteiger partial charge in [-0.25, -0.2) is 0 Å². The number of hydrogen-bond donors (Lipinski definition) is 1. The van der Waals surface area contributed by atoms with Crippen LogP contribution in [0.4, 0.5) is 0 Å². The minimum absolute atomic E-state index is 0.267. The van der Waals surface area contributed by atoms with E-state index >= 15 is 0 Å². The van der Waals surface area contributed by atoms with Crippen LogP contribution in [0.3, 0.4) is 0 Å². The molecule has 1 aliphatic carbocycles. The van der Waals surface area contributed by atoms with Gasteiger partial charge in [-0.15, -0.1) is 0 Å². The summed E-state index contributed by atoms with van der Waals surface area (Å²) in [5.74, 6) is 0.445. The Morgan fingerprint density at radius 2 is 2.27 bits per heavy atom. The third-order valence-electron chi connectivity index (χ3n) is 2.33. The summed E-state index contributed by atoms with van der Waals surface area (Å²) in [6, 6.07) is 6.98. The van der Waals surface area contributed by atoms with Gasteiger partial charge in [-0.1, -0.05) is 12.1 Å². The van der Waals surface area contributed by atoms with Gasteiger partial charge in [-0.3, -0.25) is 4.79 Å². The highest BCUT2D eigenvalue weighted by Crippen LogP contribution is 2.27. The molecule has 3 heteroatoms. The van der Waals surface area contributed by atoms with Gasteiger partial charge in [-0.05, 0) is 31.9 Å².